The Balaban J connectivity index is 1.45. The van der Waals surface area contributed by atoms with Crippen LogP contribution in [-0.2, 0) is 14.4 Å². The summed E-state index contributed by atoms with van der Waals surface area (Å²) in [6, 6.07) is 5.31. The zero-order valence-corrected chi connectivity index (χ0v) is 15.6. The smallest absolute Gasteiger partial charge is 0.305 e. The second-order valence-electron chi connectivity index (χ2n) is 7.78. The molecule has 2 heterocycles. The standard InChI is InChI=1S/C20H24N2O6/c23-17-9-13(19(26)21-20(11-18(24)25)5-1-2-6-20)12-22(17)14-3-4-15-16(10-14)28-8-7-27-15/h3-4,10,13H,1-2,5-9,11-12H2,(H,21,26)(H,24,25). The van der Waals surface area contributed by atoms with E-state index >= 15 is 0 Å². The molecule has 8 heteroatoms. The summed E-state index contributed by atoms with van der Waals surface area (Å²) in [6.45, 7) is 1.23. The van der Waals surface area contributed by atoms with Crippen molar-refractivity contribution in [2.75, 3.05) is 24.7 Å². The Hall–Kier alpha value is -2.77. The molecule has 3 aliphatic rings. The van der Waals surface area contributed by atoms with E-state index in [0.29, 0.717) is 43.2 Å². The van der Waals surface area contributed by atoms with Gasteiger partial charge in [0.2, 0.25) is 11.8 Å². The van der Waals surface area contributed by atoms with Crippen LogP contribution in [0.15, 0.2) is 18.2 Å². The summed E-state index contributed by atoms with van der Waals surface area (Å²) in [4.78, 5) is 38.2. The lowest BCUT2D eigenvalue weighted by Crippen LogP contribution is -2.50. The van der Waals surface area contributed by atoms with Crippen molar-refractivity contribution in [2.24, 2.45) is 5.92 Å². The van der Waals surface area contributed by atoms with Crippen molar-refractivity contribution in [1.82, 2.24) is 5.32 Å². The number of hydrogen-bond donors (Lipinski definition) is 2. The maximum absolute atomic E-state index is 12.8. The highest BCUT2D eigenvalue weighted by atomic mass is 16.6. The average Bonchev–Trinajstić information content (AvgIpc) is 3.27. The number of rotatable bonds is 5. The van der Waals surface area contributed by atoms with Crippen LogP contribution >= 0.6 is 0 Å². The molecule has 1 aliphatic carbocycles. The van der Waals surface area contributed by atoms with Crippen molar-refractivity contribution in [1.29, 1.82) is 0 Å². The Labute approximate surface area is 162 Å². The molecular weight excluding hydrogens is 364 g/mol. The molecule has 28 heavy (non-hydrogen) atoms. The highest BCUT2D eigenvalue weighted by Crippen LogP contribution is 2.37. The monoisotopic (exact) mass is 388 g/mol. The highest BCUT2D eigenvalue weighted by molar-refractivity contribution is 6.00. The molecule has 2 N–H and O–H groups in total. The van der Waals surface area contributed by atoms with Crippen LogP contribution in [0.4, 0.5) is 5.69 Å². The number of carbonyl (C=O) groups excluding carboxylic acids is 2. The van der Waals surface area contributed by atoms with Gasteiger partial charge in [-0.1, -0.05) is 12.8 Å². The number of ether oxygens (including phenoxy) is 2. The number of aliphatic carboxylic acids is 1. The third-order valence-electron chi connectivity index (χ3n) is 5.77. The number of nitrogens with one attached hydrogen (secondary N) is 1. The summed E-state index contributed by atoms with van der Waals surface area (Å²) in [5.74, 6) is -0.537. The fourth-order valence-corrected chi connectivity index (χ4v) is 4.38. The number of hydrogen-bond acceptors (Lipinski definition) is 5. The van der Waals surface area contributed by atoms with E-state index in [2.05, 4.69) is 5.32 Å². The SMILES string of the molecule is O=C(O)CC1(NC(=O)C2CC(=O)N(c3ccc4c(c3)OCCO4)C2)CCCC1. The van der Waals surface area contributed by atoms with Gasteiger partial charge in [-0.3, -0.25) is 14.4 Å². The van der Waals surface area contributed by atoms with E-state index in [-0.39, 0.29) is 31.2 Å². The van der Waals surface area contributed by atoms with Gasteiger partial charge >= 0.3 is 5.97 Å². The van der Waals surface area contributed by atoms with Gasteiger partial charge in [0.15, 0.2) is 11.5 Å². The second kappa shape index (κ2) is 7.33. The van der Waals surface area contributed by atoms with Gasteiger partial charge in [-0.05, 0) is 25.0 Å². The summed E-state index contributed by atoms with van der Waals surface area (Å²) in [5, 5.41) is 12.2. The van der Waals surface area contributed by atoms with E-state index in [1.807, 2.05) is 0 Å². The first-order valence-electron chi connectivity index (χ1n) is 9.70. The molecule has 2 fully saturated rings. The highest BCUT2D eigenvalue weighted by Gasteiger charge is 2.42. The first kappa shape index (κ1) is 18.6. The van der Waals surface area contributed by atoms with Gasteiger partial charge in [0.25, 0.3) is 0 Å². The minimum absolute atomic E-state index is 0.0781. The van der Waals surface area contributed by atoms with Gasteiger partial charge < -0.3 is 24.8 Å². The number of carboxylic acids is 1. The van der Waals surface area contributed by atoms with Crippen LogP contribution in [0.1, 0.15) is 38.5 Å². The first-order chi connectivity index (χ1) is 13.5. The fraction of sp³-hybridized carbons (Fsp3) is 0.550. The van der Waals surface area contributed by atoms with Gasteiger partial charge in [-0.15, -0.1) is 0 Å². The molecule has 8 nitrogen and oxygen atoms in total. The maximum Gasteiger partial charge on any atom is 0.305 e. The third-order valence-corrected chi connectivity index (χ3v) is 5.77. The summed E-state index contributed by atoms with van der Waals surface area (Å²) in [7, 11) is 0. The van der Waals surface area contributed by atoms with E-state index in [9.17, 15) is 19.5 Å². The lowest BCUT2D eigenvalue weighted by atomic mass is 9.92. The molecule has 0 aromatic heterocycles. The van der Waals surface area contributed by atoms with Gasteiger partial charge in [0.05, 0.1) is 17.9 Å². The molecule has 1 unspecified atom stereocenters. The predicted molar refractivity (Wildman–Crippen MR) is 99.5 cm³/mol. The molecule has 2 amide bonds. The van der Waals surface area contributed by atoms with Crippen LogP contribution in [0.2, 0.25) is 0 Å². The molecule has 1 aromatic carbocycles. The minimum Gasteiger partial charge on any atom is -0.486 e. The summed E-state index contributed by atoms with van der Waals surface area (Å²) >= 11 is 0. The molecule has 0 spiro atoms. The number of benzene rings is 1. The van der Waals surface area contributed by atoms with Crippen molar-refractivity contribution in [2.45, 2.75) is 44.1 Å². The molecular formula is C20H24N2O6. The number of carboxylic acid groups (broad SMARTS) is 1. The Morgan fingerprint density at radius 2 is 1.89 bits per heavy atom. The molecule has 1 saturated carbocycles. The topological polar surface area (TPSA) is 105 Å². The number of anilines is 1. The fourth-order valence-electron chi connectivity index (χ4n) is 4.38. The zero-order valence-electron chi connectivity index (χ0n) is 15.6. The average molecular weight is 388 g/mol. The molecule has 4 rings (SSSR count). The second-order valence-corrected chi connectivity index (χ2v) is 7.78. The Morgan fingerprint density at radius 1 is 1.18 bits per heavy atom. The number of fused-ring (bicyclic) bond motifs is 1. The van der Waals surface area contributed by atoms with Crippen molar-refractivity contribution >= 4 is 23.5 Å². The molecule has 1 saturated heterocycles. The lowest BCUT2D eigenvalue weighted by molar-refractivity contribution is -0.139. The van der Waals surface area contributed by atoms with Crippen molar-refractivity contribution < 1.29 is 29.0 Å². The summed E-state index contributed by atoms with van der Waals surface area (Å²) in [6.07, 6.45) is 3.17. The van der Waals surface area contributed by atoms with Crippen molar-refractivity contribution in [3.63, 3.8) is 0 Å². The quantitative estimate of drug-likeness (QED) is 0.796. The van der Waals surface area contributed by atoms with Crippen molar-refractivity contribution in [3.8, 4) is 11.5 Å². The molecule has 0 radical (unpaired) electrons. The Bertz CT molecular complexity index is 802. The van der Waals surface area contributed by atoms with Crippen LogP contribution in [0, 0.1) is 5.92 Å². The Kier molecular flexibility index (Phi) is 4.87. The van der Waals surface area contributed by atoms with Crippen molar-refractivity contribution in [3.05, 3.63) is 18.2 Å². The van der Waals surface area contributed by atoms with E-state index in [0.717, 1.165) is 12.8 Å². The number of amides is 2. The summed E-state index contributed by atoms with van der Waals surface area (Å²) in [5.41, 5.74) is -0.0122. The molecule has 1 atom stereocenters. The maximum atomic E-state index is 12.8. The van der Waals surface area contributed by atoms with Crippen LogP contribution in [-0.4, -0.2) is 48.2 Å². The lowest BCUT2D eigenvalue weighted by Gasteiger charge is -2.30. The zero-order chi connectivity index (χ0) is 19.7. The van der Waals surface area contributed by atoms with Crippen LogP contribution in [0.5, 0.6) is 11.5 Å². The van der Waals surface area contributed by atoms with Gasteiger partial charge in [-0.2, -0.15) is 0 Å². The normalized spacial score (nSPS) is 22.9. The Morgan fingerprint density at radius 3 is 2.61 bits per heavy atom. The van der Waals surface area contributed by atoms with Crippen LogP contribution in [0.3, 0.4) is 0 Å². The van der Waals surface area contributed by atoms with E-state index in [1.165, 1.54) is 0 Å². The third kappa shape index (κ3) is 3.63. The molecule has 2 aliphatic heterocycles. The van der Waals surface area contributed by atoms with Gasteiger partial charge in [0.1, 0.15) is 13.2 Å². The van der Waals surface area contributed by atoms with Crippen LogP contribution in [0.25, 0.3) is 0 Å². The minimum atomic E-state index is -0.914. The van der Waals surface area contributed by atoms with E-state index < -0.39 is 17.4 Å². The molecule has 1 aromatic rings. The number of nitrogens with zero attached hydrogens (tertiary/aromatic N) is 1. The molecule has 0 bridgehead atoms. The van der Waals surface area contributed by atoms with Crippen LogP contribution < -0.4 is 19.7 Å². The molecule has 150 valence electrons. The van der Waals surface area contributed by atoms with E-state index in [1.54, 1.807) is 23.1 Å². The predicted octanol–water partition coefficient (Wildman–Crippen LogP) is 1.71. The first-order valence-corrected chi connectivity index (χ1v) is 9.70. The van der Waals surface area contributed by atoms with Gasteiger partial charge in [-0.25, -0.2) is 0 Å². The largest absolute Gasteiger partial charge is 0.486 e. The summed E-state index contributed by atoms with van der Waals surface area (Å²) < 4.78 is 11.1. The van der Waals surface area contributed by atoms with E-state index in [4.69, 9.17) is 9.47 Å². The number of carbonyl (C=O) groups is 3. The van der Waals surface area contributed by atoms with Gasteiger partial charge in [0, 0.05) is 24.7 Å².